The Morgan fingerprint density at radius 3 is 1.64 bits per heavy atom. The fourth-order valence-corrected chi connectivity index (χ4v) is 5.32. The van der Waals surface area contributed by atoms with Crippen LogP contribution in [0.5, 0.6) is 11.5 Å². The number of ether oxygens (including phenoxy) is 3. The molecule has 6 nitrogen and oxygen atoms in total. The van der Waals surface area contributed by atoms with Gasteiger partial charge in [0.1, 0.15) is 24.7 Å². The second-order valence-electron chi connectivity index (χ2n) is 12.8. The lowest BCUT2D eigenvalue weighted by atomic mass is 9.75. The first-order chi connectivity index (χ1) is 21.0. The van der Waals surface area contributed by atoms with Crippen molar-refractivity contribution in [2.45, 2.75) is 110 Å². The first-order valence-electron chi connectivity index (χ1n) is 15.9. The molecule has 238 valence electrons. The summed E-state index contributed by atoms with van der Waals surface area (Å²) in [4.78, 5) is 24.8. The van der Waals surface area contributed by atoms with Crippen LogP contribution in [0.1, 0.15) is 108 Å². The van der Waals surface area contributed by atoms with Gasteiger partial charge in [0.2, 0.25) is 0 Å². The van der Waals surface area contributed by atoms with E-state index in [1.807, 2.05) is 72.8 Å². The predicted octanol–water partition coefficient (Wildman–Crippen LogP) is 8.95. The van der Waals surface area contributed by atoms with Crippen molar-refractivity contribution in [3.8, 4) is 11.5 Å². The van der Waals surface area contributed by atoms with E-state index in [-0.39, 0.29) is 36.3 Å². The molecule has 0 unspecified atom stereocenters. The van der Waals surface area contributed by atoms with Crippen molar-refractivity contribution in [1.82, 2.24) is 0 Å². The minimum atomic E-state index is -0.391. The number of unbranched alkanes of at least 4 members (excludes halogenated alkanes) is 1. The molecule has 0 amide bonds. The average Bonchev–Trinajstić information content (AvgIpc) is 3.00. The molecular weight excluding hydrogens is 552 g/mol. The molecule has 0 atom stereocenters. The molecule has 0 saturated carbocycles. The Bertz CT molecular complexity index is 1310. The highest BCUT2D eigenvalue weighted by molar-refractivity contribution is 5.69. The first kappa shape index (κ1) is 34.7. The van der Waals surface area contributed by atoms with E-state index < -0.39 is 5.41 Å². The van der Waals surface area contributed by atoms with Crippen LogP contribution in [0.15, 0.2) is 72.8 Å². The quantitative estimate of drug-likeness (QED) is 0.116. The lowest BCUT2D eigenvalue weighted by Crippen LogP contribution is -2.22. The molecule has 0 bridgehead atoms. The Morgan fingerprint density at radius 2 is 1.16 bits per heavy atom. The van der Waals surface area contributed by atoms with Gasteiger partial charge in [-0.3, -0.25) is 9.59 Å². The molecule has 0 aromatic heterocycles. The minimum absolute atomic E-state index is 0.215. The van der Waals surface area contributed by atoms with E-state index in [2.05, 4.69) is 34.6 Å². The van der Waals surface area contributed by atoms with E-state index in [0.29, 0.717) is 38.7 Å². The van der Waals surface area contributed by atoms with Crippen LogP contribution in [-0.2, 0) is 43.1 Å². The number of benzene rings is 3. The molecule has 0 saturated heterocycles. The predicted molar refractivity (Wildman–Crippen MR) is 175 cm³/mol. The van der Waals surface area contributed by atoms with Crippen molar-refractivity contribution in [2.24, 2.45) is 0 Å². The highest BCUT2D eigenvalue weighted by Gasteiger charge is 2.31. The van der Waals surface area contributed by atoms with Crippen LogP contribution in [0.4, 0.5) is 0 Å². The fraction of sp³-hybridized carbons (Fsp3) is 0.474. The summed E-state index contributed by atoms with van der Waals surface area (Å²) in [6, 6.07) is 23.1. The van der Waals surface area contributed by atoms with E-state index in [0.717, 1.165) is 47.3 Å². The van der Waals surface area contributed by atoms with Crippen LogP contribution >= 0.6 is 0 Å². The first-order valence-corrected chi connectivity index (χ1v) is 15.9. The summed E-state index contributed by atoms with van der Waals surface area (Å²) in [5.74, 6) is 0.541. The summed E-state index contributed by atoms with van der Waals surface area (Å²) < 4.78 is 17.2. The molecule has 3 aromatic carbocycles. The lowest BCUT2D eigenvalue weighted by molar-refractivity contribution is -0.146. The maximum Gasteiger partial charge on any atom is 0.306 e. The minimum Gasteiger partial charge on any atom is -0.508 e. The van der Waals surface area contributed by atoms with Crippen LogP contribution in [0, 0.1) is 0 Å². The van der Waals surface area contributed by atoms with Crippen LogP contribution in [0.25, 0.3) is 0 Å². The average molecular weight is 603 g/mol. The molecule has 0 spiro atoms. The Balaban J connectivity index is 1.62. The van der Waals surface area contributed by atoms with Gasteiger partial charge >= 0.3 is 11.9 Å². The summed E-state index contributed by atoms with van der Waals surface area (Å²) in [5, 5.41) is 11.3. The molecule has 0 aliphatic rings. The Hall–Kier alpha value is -3.80. The molecule has 3 aromatic rings. The number of carbonyl (C=O) groups is 2. The molecule has 1 N–H and O–H groups in total. The summed E-state index contributed by atoms with van der Waals surface area (Å²) in [6.07, 6.45) is 5.30. The van der Waals surface area contributed by atoms with Gasteiger partial charge in [0.25, 0.3) is 0 Å². The largest absolute Gasteiger partial charge is 0.508 e. The van der Waals surface area contributed by atoms with Crippen molar-refractivity contribution in [3.05, 3.63) is 95.1 Å². The molecule has 0 radical (unpaired) electrons. The molecular formula is C38H50O6. The van der Waals surface area contributed by atoms with Gasteiger partial charge in [-0.25, -0.2) is 0 Å². The van der Waals surface area contributed by atoms with E-state index in [1.54, 1.807) is 0 Å². The summed E-state index contributed by atoms with van der Waals surface area (Å²) in [6.45, 7) is 11.7. The van der Waals surface area contributed by atoms with Crippen molar-refractivity contribution in [2.75, 3.05) is 6.61 Å². The molecule has 0 heterocycles. The zero-order valence-electron chi connectivity index (χ0n) is 27.2. The standard InChI is InChI=1S/C38H50O6/c1-6-7-24-42-34-26-31(37(2,3)22-14-20-35(40)43-27-29-16-10-8-11-17-29)33(39)25-32(34)38(4,5)23-15-21-36(41)44-28-30-18-12-9-13-19-30/h8-13,16-19,25-26,39H,6-7,14-15,20-24,27-28H2,1-5H3. The van der Waals surface area contributed by atoms with Gasteiger partial charge in [0.05, 0.1) is 6.61 Å². The lowest BCUT2D eigenvalue weighted by Gasteiger charge is -2.32. The highest BCUT2D eigenvalue weighted by atomic mass is 16.5. The molecule has 44 heavy (non-hydrogen) atoms. The molecule has 0 aliphatic heterocycles. The Kier molecular flexibility index (Phi) is 13.3. The Labute approximate surface area is 263 Å². The zero-order valence-corrected chi connectivity index (χ0v) is 27.2. The van der Waals surface area contributed by atoms with Crippen molar-refractivity contribution in [3.63, 3.8) is 0 Å². The van der Waals surface area contributed by atoms with Gasteiger partial charge < -0.3 is 19.3 Å². The van der Waals surface area contributed by atoms with Gasteiger partial charge in [-0.1, -0.05) is 102 Å². The van der Waals surface area contributed by atoms with Gasteiger partial charge in [0, 0.05) is 24.0 Å². The Morgan fingerprint density at radius 1 is 0.682 bits per heavy atom. The highest BCUT2D eigenvalue weighted by Crippen LogP contribution is 2.44. The molecule has 6 heteroatoms. The van der Waals surface area contributed by atoms with E-state index in [1.165, 1.54) is 0 Å². The van der Waals surface area contributed by atoms with Crippen molar-refractivity contribution >= 4 is 11.9 Å². The van der Waals surface area contributed by atoms with Crippen LogP contribution in [-0.4, -0.2) is 23.7 Å². The van der Waals surface area contributed by atoms with E-state index >= 15 is 0 Å². The molecule has 0 aliphatic carbocycles. The number of esters is 2. The van der Waals surface area contributed by atoms with Crippen molar-refractivity contribution < 1.29 is 28.9 Å². The summed E-state index contributed by atoms with van der Waals surface area (Å²) >= 11 is 0. The zero-order chi connectivity index (χ0) is 32.0. The number of phenols is 1. The summed E-state index contributed by atoms with van der Waals surface area (Å²) in [7, 11) is 0. The third kappa shape index (κ3) is 11.0. The van der Waals surface area contributed by atoms with Crippen LogP contribution in [0.2, 0.25) is 0 Å². The number of hydrogen-bond acceptors (Lipinski definition) is 6. The number of rotatable bonds is 18. The van der Waals surface area contributed by atoms with Gasteiger partial charge in [-0.15, -0.1) is 0 Å². The van der Waals surface area contributed by atoms with Gasteiger partial charge in [-0.05, 0) is 66.2 Å². The fourth-order valence-electron chi connectivity index (χ4n) is 5.32. The monoisotopic (exact) mass is 602 g/mol. The smallest absolute Gasteiger partial charge is 0.306 e. The van der Waals surface area contributed by atoms with Gasteiger partial charge in [-0.2, -0.15) is 0 Å². The SMILES string of the molecule is CCCCOc1cc(C(C)(C)CCCC(=O)OCc2ccccc2)c(O)cc1C(C)(C)CCCC(=O)OCc1ccccc1. The van der Waals surface area contributed by atoms with E-state index in [9.17, 15) is 14.7 Å². The number of phenolic OH excluding ortho intramolecular Hbond substituents is 1. The molecule has 3 rings (SSSR count). The number of hydrogen-bond donors (Lipinski definition) is 1. The van der Waals surface area contributed by atoms with Crippen molar-refractivity contribution in [1.29, 1.82) is 0 Å². The summed E-state index contributed by atoms with van der Waals surface area (Å²) in [5.41, 5.74) is 2.92. The second kappa shape index (κ2) is 16.9. The third-order valence-corrected chi connectivity index (χ3v) is 8.16. The van der Waals surface area contributed by atoms with Gasteiger partial charge in [0.15, 0.2) is 0 Å². The topological polar surface area (TPSA) is 82.1 Å². The third-order valence-electron chi connectivity index (χ3n) is 8.16. The maximum atomic E-state index is 12.4. The molecule has 0 fully saturated rings. The second-order valence-corrected chi connectivity index (χ2v) is 12.8. The van der Waals surface area contributed by atoms with Crippen LogP contribution < -0.4 is 4.74 Å². The number of carbonyl (C=O) groups excluding carboxylic acids is 2. The maximum absolute atomic E-state index is 12.4. The van der Waals surface area contributed by atoms with Crippen LogP contribution in [0.3, 0.4) is 0 Å². The number of aromatic hydroxyl groups is 1. The van der Waals surface area contributed by atoms with E-state index in [4.69, 9.17) is 14.2 Å². The normalized spacial score (nSPS) is 11.7.